The zero-order chi connectivity index (χ0) is 11.2. The fraction of sp³-hybridized carbons (Fsp3) is 0.909. The average Bonchev–Trinajstić information content (AvgIpc) is 2.71. The van der Waals surface area contributed by atoms with Crippen molar-refractivity contribution in [3.63, 3.8) is 0 Å². The van der Waals surface area contributed by atoms with Crippen LogP contribution in [0.3, 0.4) is 0 Å². The zero-order valence-corrected chi connectivity index (χ0v) is 9.82. The molecule has 2 rings (SSSR count). The van der Waals surface area contributed by atoms with E-state index in [-0.39, 0.29) is 23.5 Å². The van der Waals surface area contributed by atoms with Gasteiger partial charge in [0.2, 0.25) is 0 Å². The molecule has 2 saturated heterocycles. The Morgan fingerprint density at radius 1 is 1.67 bits per heavy atom. The van der Waals surface area contributed by atoms with E-state index < -0.39 is 0 Å². The van der Waals surface area contributed by atoms with Gasteiger partial charge in [-0.2, -0.15) is 5.06 Å². The Hall–Kier alpha value is -0.610. The van der Waals surface area contributed by atoms with Crippen molar-refractivity contribution in [3.05, 3.63) is 0 Å². The third-order valence-corrected chi connectivity index (χ3v) is 3.94. The van der Waals surface area contributed by atoms with Crippen molar-refractivity contribution in [2.75, 3.05) is 7.11 Å². The zero-order valence-electron chi connectivity index (χ0n) is 9.82. The lowest BCUT2D eigenvalue weighted by atomic mass is 9.75. The third-order valence-electron chi connectivity index (χ3n) is 3.94. The summed E-state index contributed by atoms with van der Waals surface area (Å²) >= 11 is 0. The maximum atomic E-state index is 11.8. The minimum atomic E-state index is -0.199. The second kappa shape index (κ2) is 3.46. The number of ether oxygens (including phenoxy) is 1. The van der Waals surface area contributed by atoms with Crippen molar-refractivity contribution in [2.24, 2.45) is 5.92 Å². The van der Waals surface area contributed by atoms with Crippen LogP contribution in [0.5, 0.6) is 0 Å². The Kier molecular flexibility index (Phi) is 2.51. The van der Waals surface area contributed by atoms with Gasteiger partial charge in [0.1, 0.15) is 5.92 Å². The van der Waals surface area contributed by atoms with Crippen LogP contribution in [0.15, 0.2) is 0 Å². The van der Waals surface area contributed by atoms with E-state index in [2.05, 4.69) is 20.8 Å². The van der Waals surface area contributed by atoms with E-state index in [1.54, 1.807) is 0 Å². The van der Waals surface area contributed by atoms with E-state index in [0.717, 1.165) is 12.8 Å². The summed E-state index contributed by atoms with van der Waals surface area (Å²) in [6, 6.07) is 0.404. The number of nitrogens with zero attached hydrogens (tertiary/aromatic N) is 1. The number of esters is 1. The van der Waals surface area contributed by atoms with E-state index in [1.165, 1.54) is 7.11 Å². The van der Waals surface area contributed by atoms with E-state index in [0.29, 0.717) is 6.04 Å². The molecule has 0 N–H and O–H groups in total. The van der Waals surface area contributed by atoms with Gasteiger partial charge in [-0.3, -0.25) is 9.63 Å². The summed E-state index contributed by atoms with van der Waals surface area (Å²) in [5.41, 5.74) is -0.199. The summed E-state index contributed by atoms with van der Waals surface area (Å²) in [6.45, 7) is 6.32. The van der Waals surface area contributed by atoms with Crippen molar-refractivity contribution in [1.29, 1.82) is 0 Å². The van der Waals surface area contributed by atoms with E-state index in [9.17, 15) is 4.79 Å². The molecule has 0 aromatic heterocycles. The lowest BCUT2D eigenvalue weighted by Crippen LogP contribution is -2.54. The molecule has 0 aromatic rings. The first-order valence-corrected chi connectivity index (χ1v) is 5.58. The van der Waals surface area contributed by atoms with E-state index >= 15 is 0 Å². The summed E-state index contributed by atoms with van der Waals surface area (Å²) in [4.78, 5) is 17.5. The molecule has 4 heteroatoms. The maximum absolute atomic E-state index is 11.8. The van der Waals surface area contributed by atoms with Gasteiger partial charge < -0.3 is 4.74 Å². The molecule has 2 fully saturated rings. The first-order chi connectivity index (χ1) is 7.04. The van der Waals surface area contributed by atoms with Crippen LogP contribution in [0, 0.1) is 5.92 Å². The summed E-state index contributed by atoms with van der Waals surface area (Å²) in [5, 5.41) is 2.00. The van der Waals surface area contributed by atoms with Crippen molar-refractivity contribution in [1.82, 2.24) is 5.06 Å². The third kappa shape index (κ3) is 1.31. The van der Waals surface area contributed by atoms with Crippen LogP contribution < -0.4 is 0 Å². The highest BCUT2D eigenvalue weighted by Gasteiger charge is 2.61. The summed E-state index contributed by atoms with van der Waals surface area (Å²) in [6.07, 6.45) is 1.83. The van der Waals surface area contributed by atoms with Gasteiger partial charge in [0.05, 0.1) is 18.8 Å². The summed E-state index contributed by atoms with van der Waals surface area (Å²) in [5.74, 6) is -0.276. The number of carbonyl (C=O) groups excluding carboxylic acids is 1. The van der Waals surface area contributed by atoms with Crippen LogP contribution in [-0.2, 0) is 14.4 Å². The molecule has 86 valence electrons. The molecule has 0 amide bonds. The lowest BCUT2D eigenvalue weighted by molar-refractivity contribution is -0.163. The molecule has 2 heterocycles. The Bertz CT molecular complexity index is 281. The smallest absolute Gasteiger partial charge is 0.313 e. The van der Waals surface area contributed by atoms with Crippen LogP contribution in [0.25, 0.3) is 0 Å². The number of hydrogen-bond acceptors (Lipinski definition) is 4. The molecule has 0 saturated carbocycles. The van der Waals surface area contributed by atoms with Crippen molar-refractivity contribution in [2.45, 2.75) is 51.3 Å². The SMILES string of the molecule is CCC1(C)C(C(=O)OC)[C@@H]2CC(C)[N@@]1O2. The Labute approximate surface area is 90.5 Å². The molecule has 4 nitrogen and oxygen atoms in total. The monoisotopic (exact) mass is 213 g/mol. The normalized spacial score (nSPS) is 48.3. The quantitative estimate of drug-likeness (QED) is 0.649. The number of methoxy groups -OCH3 is 1. The highest BCUT2D eigenvalue weighted by atomic mass is 16.7. The minimum absolute atomic E-state index is 0.0115. The van der Waals surface area contributed by atoms with Gasteiger partial charge in [-0.05, 0) is 26.7 Å². The Balaban J connectivity index is 2.29. The molecule has 2 aliphatic rings. The van der Waals surface area contributed by atoms with Crippen molar-refractivity contribution < 1.29 is 14.4 Å². The fourth-order valence-electron chi connectivity index (χ4n) is 2.99. The minimum Gasteiger partial charge on any atom is -0.469 e. The van der Waals surface area contributed by atoms with Crippen LogP contribution in [0.4, 0.5) is 0 Å². The molecule has 5 atom stereocenters. The fourth-order valence-corrected chi connectivity index (χ4v) is 2.99. The predicted octanol–water partition coefficient (Wildman–Crippen LogP) is 1.35. The molecule has 3 unspecified atom stereocenters. The molecular weight excluding hydrogens is 194 g/mol. The number of carbonyl (C=O) groups is 1. The Morgan fingerprint density at radius 3 is 2.87 bits per heavy atom. The number of hydroxylamine groups is 2. The van der Waals surface area contributed by atoms with Crippen molar-refractivity contribution in [3.8, 4) is 0 Å². The summed E-state index contributed by atoms with van der Waals surface area (Å²) in [7, 11) is 1.45. The number of fused-ring (bicyclic) bond motifs is 2. The van der Waals surface area contributed by atoms with Crippen LogP contribution in [0.1, 0.15) is 33.6 Å². The highest BCUT2D eigenvalue weighted by molar-refractivity contribution is 5.75. The first-order valence-electron chi connectivity index (χ1n) is 5.58. The van der Waals surface area contributed by atoms with Crippen LogP contribution in [-0.4, -0.2) is 35.8 Å². The molecule has 2 bridgehead atoms. The number of hydrogen-bond donors (Lipinski definition) is 0. The molecular formula is C11H19NO3. The molecule has 0 radical (unpaired) electrons. The molecule has 0 aliphatic carbocycles. The van der Waals surface area contributed by atoms with Gasteiger partial charge in [0.25, 0.3) is 0 Å². The van der Waals surface area contributed by atoms with Crippen molar-refractivity contribution >= 4 is 5.97 Å². The highest BCUT2D eigenvalue weighted by Crippen LogP contribution is 2.48. The topological polar surface area (TPSA) is 38.8 Å². The van der Waals surface area contributed by atoms with E-state index in [1.807, 2.05) is 5.06 Å². The van der Waals surface area contributed by atoms with Crippen LogP contribution >= 0.6 is 0 Å². The van der Waals surface area contributed by atoms with Gasteiger partial charge in [-0.1, -0.05) is 6.92 Å². The molecule has 2 aliphatic heterocycles. The van der Waals surface area contributed by atoms with E-state index in [4.69, 9.17) is 9.57 Å². The van der Waals surface area contributed by atoms with Gasteiger partial charge in [-0.15, -0.1) is 0 Å². The standard InChI is InChI=1S/C11H19NO3/c1-5-11(3)9(10(13)14-4)8-6-7(2)12(11)15-8/h7-9H,5-6H2,1-4H3/t7?,8-,9?,11?/m0/s1. The van der Waals surface area contributed by atoms with Crippen LogP contribution in [0.2, 0.25) is 0 Å². The van der Waals surface area contributed by atoms with Gasteiger partial charge >= 0.3 is 5.97 Å². The number of piperidine rings is 1. The Morgan fingerprint density at radius 2 is 2.33 bits per heavy atom. The van der Waals surface area contributed by atoms with Gasteiger partial charge in [0, 0.05) is 6.04 Å². The maximum Gasteiger partial charge on any atom is 0.313 e. The second-order valence-electron chi connectivity index (χ2n) is 4.77. The molecule has 0 spiro atoms. The molecule has 15 heavy (non-hydrogen) atoms. The second-order valence-corrected chi connectivity index (χ2v) is 4.77. The molecule has 0 aromatic carbocycles. The largest absolute Gasteiger partial charge is 0.469 e. The summed E-state index contributed by atoms with van der Waals surface area (Å²) < 4.78 is 4.87. The predicted molar refractivity (Wildman–Crippen MR) is 55.0 cm³/mol. The average molecular weight is 213 g/mol. The lowest BCUT2D eigenvalue weighted by Gasteiger charge is -2.40. The first kappa shape index (κ1) is 10.9. The van der Waals surface area contributed by atoms with Gasteiger partial charge in [-0.25, -0.2) is 0 Å². The number of rotatable bonds is 2. The van der Waals surface area contributed by atoms with Gasteiger partial charge in [0.15, 0.2) is 0 Å².